The van der Waals surface area contributed by atoms with Crippen LogP contribution in [0.1, 0.15) is 55.2 Å². The standard InChI is InChI=1S/C27H29BrO3/c1-16(29)23-13-14-24-21-12-7-17-5-3-4-6-20(17)25(21)22(26(30)31-2)15-27(23,24)18-8-10-19(28)11-9-18/h3-6,8-11,21-25H,7,12-15H2,1-2H3/t21-,22-,23+,24-,25-,27-/m0/s1. The Labute approximate surface area is 192 Å². The summed E-state index contributed by atoms with van der Waals surface area (Å²) in [5, 5.41) is 0. The molecule has 0 heterocycles. The predicted molar refractivity (Wildman–Crippen MR) is 124 cm³/mol. The molecule has 5 rings (SSSR count). The molecule has 31 heavy (non-hydrogen) atoms. The number of carbonyl (C=O) groups is 2. The van der Waals surface area contributed by atoms with Gasteiger partial charge in [-0.15, -0.1) is 0 Å². The molecule has 2 aromatic carbocycles. The van der Waals surface area contributed by atoms with E-state index in [0.717, 1.165) is 30.2 Å². The van der Waals surface area contributed by atoms with Crippen molar-refractivity contribution >= 4 is 27.7 Å². The Balaban J connectivity index is 1.70. The summed E-state index contributed by atoms with van der Waals surface area (Å²) in [4.78, 5) is 26.1. The second-order valence-corrected chi connectivity index (χ2v) is 10.6. The monoisotopic (exact) mass is 480 g/mol. The minimum atomic E-state index is -0.293. The molecule has 3 aliphatic carbocycles. The molecule has 4 heteroatoms. The van der Waals surface area contributed by atoms with Gasteiger partial charge in [0.2, 0.25) is 0 Å². The summed E-state index contributed by atoms with van der Waals surface area (Å²) in [6.45, 7) is 1.74. The fraction of sp³-hybridized carbons (Fsp3) is 0.481. The predicted octanol–water partition coefficient (Wildman–Crippen LogP) is 5.84. The highest BCUT2D eigenvalue weighted by molar-refractivity contribution is 9.10. The van der Waals surface area contributed by atoms with Crippen LogP contribution in [0, 0.1) is 23.7 Å². The van der Waals surface area contributed by atoms with Crippen LogP contribution in [0.2, 0.25) is 0 Å². The van der Waals surface area contributed by atoms with Crippen molar-refractivity contribution in [3.63, 3.8) is 0 Å². The molecule has 0 unspecified atom stereocenters. The Kier molecular flexibility index (Phi) is 5.32. The molecule has 0 aliphatic heterocycles. The second-order valence-electron chi connectivity index (χ2n) is 9.66. The molecular formula is C27H29BrO3. The Morgan fingerprint density at radius 3 is 2.48 bits per heavy atom. The van der Waals surface area contributed by atoms with Crippen molar-refractivity contribution < 1.29 is 14.3 Å². The summed E-state index contributed by atoms with van der Waals surface area (Å²) in [7, 11) is 1.50. The number of esters is 1. The lowest BCUT2D eigenvalue weighted by Gasteiger charge is -2.55. The number of hydrogen-bond donors (Lipinski definition) is 0. The molecule has 2 fully saturated rings. The van der Waals surface area contributed by atoms with Crippen LogP contribution in [0.4, 0.5) is 0 Å². The van der Waals surface area contributed by atoms with Gasteiger partial charge in [0.05, 0.1) is 13.0 Å². The smallest absolute Gasteiger partial charge is 0.309 e. The van der Waals surface area contributed by atoms with Crippen LogP contribution in [0.25, 0.3) is 0 Å². The molecule has 3 nitrogen and oxygen atoms in total. The van der Waals surface area contributed by atoms with Crippen molar-refractivity contribution in [2.75, 3.05) is 7.11 Å². The maximum absolute atomic E-state index is 13.2. The van der Waals surface area contributed by atoms with Gasteiger partial charge in [0, 0.05) is 21.7 Å². The molecule has 0 bridgehead atoms. The van der Waals surface area contributed by atoms with Crippen molar-refractivity contribution in [3.8, 4) is 0 Å². The third kappa shape index (κ3) is 3.13. The van der Waals surface area contributed by atoms with Crippen molar-refractivity contribution in [2.24, 2.45) is 23.7 Å². The van der Waals surface area contributed by atoms with Crippen LogP contribution in [0.5, 0.6) is 0 Å². The number of methoxy groups -OCH3 is 1. The molecule has 0 aromatic heterocycles. The molecule has 162 valence electrons. The van der Waals surface area contributed by atoms with Crippen molar-refractivity contribution in [3.05, 3.63) is 69.7 Å². The molecule has 0 spiro atoms. The number of rotatable bonds is 3. The number of fused-ring (bicyclic) bond motifs is 5. The Bertz CT molecular complexity index is 1010. The van der Waals surface area contributed by atoms with E-state index in [4.69, 9.17) is 4.74 Å². The maximum Gasteiger partial charge on any atom is 0.309 e. The Morgan fingerprint density at radius 1 is 1.03 bits per heavy atom. The quantitative estimate of drug-likeness (QED) is 0.518. The van der Waals surface area contributed by atoms with Gasteiger partial charge in [0.1, 0.15) is 5.78 Å². The lowest BCUT2D eigenvalue weighted by atomic mass is 9.48. The first-order chi connectivity index (χ1) is 15.0. The molecule has 6 atom stereocenters. The molecule has 0 saturated heterocycles. The number of aryl methyl sites for hydroxylation is 1. The normalized spacial score (nSPS) is 33.7. The molecule has 2 saturated carbocycles. The summed E-state index contributed by atoms with van der Waals surface area (Å²) in [6.07, 6.45) is 4.77. The first kappa shape index (κ1) is 20.9. The van der Waals surface area contributed by atoms with Crippen LogP contribution < -0.4 is 0 Å². The van der Waals surface area contributed by atoms with Crippen molar-refractivity contribution in [2.45, 2.75) is 50.4 Å². The maximum atomic E-state index is 13.2. The summed E-state index contributed by atoms with van der Waals surface area (Å²) in [6, 6.07) is 17.1. The largest absolute Gasteiger partial charge is 0.469 e. The van der Waals surface area contributed by atoms with Gasteiger partial charge < -0.3 is 4.74 Å². The average Bonchev–Trinajstić information content (AvgIpc) is 3.19. The van der Waals surface area contributed by atoms with E-state index in [1.807, 2.05) is 0 Å². The fourth-order valence-electron chi connectivity index (χ4n) is 7.53. The SMILES string of the molecule is COC(=O)[C@H]1C[C@]2(c3ccc(Br)cc3)[C@@H](C(C)=O)CC[C@H]2[C@@H]2CCc3ccccc3[C@@H]21. The zero-order valence-corrected chi connectivity index (χ0v) is 19.7. The van der Waals surface area contributed by atoms with Crippen molar-refractivity contribution in [1.82, 2.24) is 0 Å². The van der Waals surface area contributed by atoms with E-state index >= 15 is 0 Å². The number of hydrogen-bond acceptors (Lipinski definition) is 3. The first-order valence-electron chi connectivity index (χ1n) is 11.4. The summed E-state index contributed by atoms with van der Waals surface area (Å²) in [5.41, 5.74) is 3.61. The first-order valence-corrected chi connectivity index (χ1v) is 12.2. The topological polar surface area (TPSA) is 43.4 Å². The number of carbonyl (C=O) groups excluding carboxylic acids is 2. The summed E-state index contributed by atoms with van der Waals surface area (Å²) >= 11 is 3.56. The average molecular weight is 481 g/mol. The summed E-state index contributed by atoms with van der Waals surface area (Å²) < 4.78 is 6.40. The molecule has 3 aliphatic rings. The van der Waals surface area contributed by atoms with Gasteiger partial charge in [0.25, 0.3) is 0 Å². The van der Waals surface area contributed by atoms with Gasteiger partial charge >= 0.3 is 5.97 Å². The fourth-order valence-corrected chi connectivity index (χ4v) is 7.79. The Hall–Kier alpha value is -1.94. The highest BCUT2D eigenvalue weighted by Crippen LogP contribution is 2.65. The van der Waals surface area contributed by atoms with Crippen LogP contribution in [0.3, 0.4) is 0 Å². The van der Waals surface area contributed by atoms with Gasteiger partial charge in [-0.25, -0.2) is 0 Å². The van der Waals surface area contributed by atoms with Crippen LogP contribution in [-0.2, 0) is 26.2 Å². The molecule has 0 N–H and O–H groups in total. The van der Waals surface area contributed by atoms with Gasteiger partial charge in [-0.1, -0.05) is 52.3 Å². The number of benzene rings is 2. The lowest BCUT2D eigenvalue weighted by molar-refractivity contribution is -0.152. The highest BCUT2D eigenvalue weighted by Gasteiger charge is 2.63. The zero-order chi connectivity index (χ0) is 21.8. The van der Waals surface area contributed by atoms with Gasteiger partial charge in [0.15, 0.2) is 0 Å². The second kappa shape index (κ2) is 7.88. The minimum Gasteiger partial charge on any atom is -0.469 e. The van der Waals surface area contributed by atoms with Crippen LogP contribution in [0.15, 0.2) is 53.0 Å². The van der Waals surface area contributed by atoms with E-state index in [1.54, 1.807) is 6.92 Å². The number of ketones is 1. The number of Topliss-reactive ketones (excluding diaryl/α,β-unsaturated/α-hetero) is 1. The molecule has 0 radical (unpaired) electrons. The number of ether oxygens (including phenoxy) is 1. The van der Waals surface area contributed by atoms with E-state index in [1.165, 1.54) is 23.8 Å². The van der Waals surface area contributed by atoms with Crippen LogP contribution in [-0.4, -0.2) is 18.9 Å². The highest BCUT2D eigenvalue weighted by atomic mass is 79.9. The van der Waals surface area contributed by atoms with Gasteiger partial charge in [-0.05, 0) is 79.7 Å². The van der Waals surface area contributed by atoms with Gasteiger partial charge in [-0.3, -0.25) is 9.59 Å². The van der Waals surface area contributed by atoms with Crippen LogP contribution >= 0.6 is 15.9 Å². The van der Waals surface area contributed by atoms with Crippen molar-refractivity contribution in [1.29, 1.82) is 0 Å². The van der Waals surface area contributed by atoms with E-state index in [2.05, 4.69) is 64.5 Å². The van der Waals surface area contributed by atoms with E-state index in [9.17, 15) is 9.59 Å². The van der Waals surface area contributed by atoms with E-state index in [0.29, 0.717) is 18.3 Å². The molecule has 0 amide bonds. The lowest BCUT2D eigenvalue weighted by Crippen LogP contribution is -2.53. The number of halogens is 1. The Morgan fingerprint density at radius 2 is 1.77 bits per heavy atom. The zero-order valence-electron chi connectivity index (χ0n) is 18.1. The summed E-state index contributed by atoms with van der Waals surface area (Å²) in [5.74, 6) is 0.832. The molecule has 2 aromatic rings. The third-order valence-corrected chi connectivity index (χ3v) is 9.09. The third-order valence-electron chi connectivity index (χ3n) is 8.56. The van der Waals surface area contributed by atoms with Gasteiger partial charge in [-0.2, -0.15) is 0 Å². The minimum absolute atomic E-state index is 0.0380. The molecular weight excluding hydrogens is 452 g/mol. The van der Waals surface area contributed by atoms with E-state index < -0.39 is 0 Å². The van der Waals surface area contributed by atoms with E-state index in [-0.39, 0.29) is 34.9 Å².